The number of amides is 1. The van der Waals surface area contributed by atoms with Crippen molar-refractivity contribution in [2.24, 2.45) is 0 Å². The van der Waals surface area contributed by atoms with Gasteiger partial charge in [0.25, 0.3) is 0 Å². The quantitative estimate of drug-likeness (QED) is 0.769. The van der Waals surface area contributed by atoms with Crippen LogP contribution in [0.3, 0.4) is 0 Å². The second-order valence-electron chi connectivity index (χ2n) is 7.20. The van der Waals surface area contributed by atoms with Crippen LogP contribution in [0.1, 0.15) is 30.4 Å². The number of aryl methyl sites for hydroxylation is 1. The molecular weight excluding hydrogens is 322 g/mol. The van der Waals surface area contributed by atoms with Crippen molar-refractivity contribution in [1.29, 1.82) is 0 Å². The van der Waals surface area contributed by atoms with E-state index >= 15 is 0 Å². The Hall–Kier alpha value is -2.20. The Morgan fingerprint density at radius 3 is 2.73 bits per heavy atom. The summed E-state index contributed by atoms with van der Waals surface area (Å²) in [5.74, 6) is 0.240. The molecular formula is C22H29N3O. The minimum absolute atomic E-state index is 0.240. The molecule has 2 aromatic rings. The molecule has 138 valence electrons. The summed E-state index contributed by atoms with van der Waals surface area (Å²) in [5.41, 5.74) is 2.51. The minimum atomic E-state index is 0.240. The lowest BCUT2D eigenvalue weighted by Crippen LogP contribution is -2.49. The molecule has 1 aromatic heterocycles. The first-order chi connectivity index (χ1) is 12.7. The maximum Gasteiger partial charge on any atom is 0.222 e. The highest BCUT2D eigenvalue weighted by molar-refractivity contribution is 5.76. The van der Waals surface area contributed by atoms with Gasteiger partial charge in [0.1, 0.15) is 0 Å². The summed E-state index contributed by atoms with van der Waals surface area (Å²) < 4.78 is 0. The lowest BCUT2D eigenvalue weighted by Gasteiger charge is -2.37. The molecule has 1 fully saturated rings. The first kappa shape index (κ1) is 18.6. The molecule has 0 radical (unpaired) electrons. The number of nitrogens with zero attached hydrogens (tertiary/aromatic N) is 3. The van der Waals surface area contributed by atoms with Crippen molar-refractivity contribution in [3.8, 4) is 0 Å². The zero-order valence-electron chi connectivity index (χ0n) is 15.7. The Morgan fingerprint density at radius 1 is 1.15 bits per heavy atom. The summed E-state index contributed by atoms with van der Waals surface area (Å²) in [5, 5.41) is 0. The highest BCUT2D eigenvalue weighted by Gasteiger charge is 2.25. The van der Waals surface area contributed by atoms with Gasteiger partial charge in [-0.3, -0.25) is 9.78 Å². The minimum Gasteiger partial charge on any atom is -0.341 e. The van der Waals surface area contributed by atoms with Gasteiger partial charge in [0.05, 0.1) is 0 Å². The van der Waals surface area contributed by atoms with E-state index in [0.717, 1.165) is 44.5 Å². The summed E-state index contributed by atoms with van der Waals surface area (Å²) in [6.07, 6.45) is 8.29. The van der Waals surface area contributed by atoms with Gasteiger partial charge in [-0.05, 0) is 49.4 Å². The van der Waals surface area contributed by atoms with Crippen molar-refractivity contribution in [2.75, 3.05) is 26.7 Å². The lowest BCUT2D eigenvalue weighted by atomic mass is 10.0. The molecule has 0 bridgehead atoms. The third-order valence-electron chi connectivity index (χ3n) is 5.33. The fourth-order valence-electron chi connectivity index (χ4n) is 3.66. The lowest BCUT2D eigenvalue weighted by molar-refractivity contribution is -0.133. The molecule has 3 rings (SSSR count). The number of aromatic nitrogens is 1. The van der Waals surface area contributed by atoms with Gasteiger partial charge in [-0.1, -0.05) is 36.4 Å². The molecule has 1 saturated heterocycles. The Labute approximate surface area is 156 Å². The molecule has 0 spiro atoms. The molecule has 1 atom stereocenters. The van der Waals surface area contributed by atoms with E-state index in [1.165, 1.54) is 12.0 Å². The van der Waals surface area contributed by atoms with Crippen molar-refractivity contribution in [2.45, 2.75) is 38.1 Å². The van der Waals surface area contributed by atoms with E-state index in [4.69, 9.17) is 0 Å². The van der Waals surface area contributed by atoms with Gasteiger partial charge in [-0.25, -0.2) is 0 Å². The smallest absolute Gasteiger partial charge is 0.222 e. The number of carbonyl (C=O) groups excluding carboxylic acids is 1. The number of hydrogen-bond donors (Lipinski definition) is 0. The first-order valence-corrected chi connectivity index (χ1v) is 9.63. The number of rotatable bonds is 7. The van der Waals surface area contributed by atoms with Gasteiger partial charge in [-0.15, -0.1) is 0 Å². The predicted molar refractivity (Wildman–Crippen MR) is 105 cm³/mol. The van der Waals surface area contributed by atoms with Gasteiger partial charge < -0.3 is 9.80 Å². The van der Waals surface area contributed by atoms with Crippen molar-refractivity contribution in [3.05, 3.63) is 66.0 Å². The summed E-state index contributed by atoms with van der Waals surface area (Å²) >= 11 is 0. The Balaban J connectivity index is 1.46. The van der Waals surface area contributed by atoms with E-state index in [2.05, 4.69) is 40.2 Å². The molecule has 26 heavy (non-hydrogen) atoms. The summed E-state index contributed by atoms with van der Waals surface area (Å²) in [7, 11) is 1.97. The summed E-state index contributed by atoms with van der Waals surface area (Å²) in [6.45, 7) is 3.20. The Bertz CT molecular complexity index is 674. The van der Waals surface area contributed by atoms with E-state index in [-0.39, 0.29) is 5.91 Å². The SMILES string of the molecule is CN(C(=O)CCc1cccnc1)C1CCCN(CCc2ccccc2)C1. The van der Waals surface area contributed by atoms with Crippen LogP contribution in [0, 0.1) is 0 Å². The fraction of sp³-hybridized carbons (Fsp3) is 0.455. The topological polar surface area (TPSA) is 36.4 Å². The van der Waals surface area contributed by atoms with Crippen LogP contribution in [-0.2, 0) is 17.6 Å². The largest absolute Gasteiger partial charge is 0.341 e. The Kier molecular flexibility index (Phi) is 6.78. The van der Waals surface area contributed by atoms with Crippen LogP contribution >= 0.6 is 0 Å². The fourth-order valence-corrected chi connectivity index (χ4v) is 3.66. The highest BCUT2D eigenvalue weighted by atomic mass is 16.2. The molecule has 0 aliphatic carbocycles. The molecule has 1 aliphatic rings. The van der Waals surface area contributed by atoms with Gasteiger partial charge in [0, 0.05) is 45.0 Å². The average Bonchev–Trinajstić information content (AvgIpc) is 2.71. The van der Waals surface area contributed by atoms with E-state index in [1.54, 1.807) is 6.20 Å². The van der Waals surface area contributed by atoms with Gasteiger partial charge >= 0.3 is 0 Å². The highest BCUT2D eigenvalue weighted by Crippen LogP contribution is 2.17. The van der Waals surface area contributed by atoms with E-state index in [9.17, 15) is 4.79 Å². The number of likely N-dealkylation sites (N-methyl/N-ethyl adjacent to an activating group) is 1. The summed E-state index contributed by atoms with van der Waals surface area (Å²) in [4.78, 5) is 21.2. The number of hydrogen-bond acceptors (Lipinski definition) is 3. The molecule has 2 heterocycles. The molecule has 1 aliphatic heterocycles. The van der Waals surface area contributed by atoms with Crippen molar-refractivity contribution in [3.63, 3.8) is 0 Å². The van der Waals surface area contributed by atoms with E-state index < -0.39 is 0 Å². The number of benzene rings is 1. The maximum absolute atomic E-state index is 12.6. The number of pyridine rings is 1. The van der Waals surface area contributed by atoms with Crippen LogP contribution < -0.4 is 0 Å². The van der Waals surface area contributed by atoms with Gasteiger partial charge in [-0.2, -0.15) is 0 Å². The van der Waals surface area contributed by atoms with Gasteiger partial charge in [0.2, 0.25) is 5.91 Å². The average molecular weight is 351 g/mol. The van der Waals surface area contributed by atoms with Crippen molar-refractivity contribution >= 4 is 5.91 Å². The van der Waals surface area contributed by atoms with E-state index in [1.807, 2.05) is 30.3 Å². The molecule has 1 unspecified atom stereocenters. The number of carbonyl (C=O) groups is 1. The van der Waals surface area contributed by atoms with E-state index in [0.29, 0.717) is 12.5 Å². The van der Waals surface area contributed by atoms with Crippen LogP contribution in [0.25, 0.3) is 0 Å². The third-order valence-corrected chi connectivity index (χ3v) is 5.33. The predicted octanol–water partition coefficient (Wildman–Crippen LogP) is 3.18. The van der Waals surface area contributed by atoms with Crippen molar-refractivity contribution in [1.82, 2.24) is 14.8 Å². The molecule has 4 nitrogen and oxygen atoms in total. The van der Waals surface area contributed by atoms with Gasteiger partial charge in [0.15, 0.2) is 0 Å². The van der Waals surface area contributed by atoms with Crippen LogP contribution in [-0.4, -0.2) is 53.4 Å². The molecule has 4 heteroatoms. The second kappa shape index (κ2) is 9.48. The maximum atomic E-state index is 12.6. The van der Waals surface area contributed by atoms with Crippen LogP contribution in [0.15, 0.2) is 54.9 Å². The van der Waals surface area contributed by atoms with Crippen LogP contribution in [0.5, 0.6) is 0 Å². The normalized spacial score (nSPS) is 17.8. The molecule has 1 aromatic carbocycles. The Morgan fingerprint density at radius 2 is 1.96 bits per heavy atom. The molecule has 0 saturated carbocycles. The molecule has 1 amide bonds. The first-order valence-electron chi connectivity index (χ1n) is 9.63. The number of likely N-dealkylation sites (tertiary alicyclic amines) is 1. The standard InChI is InChI=1S/C22H29N3O/c1-24(22(26)12-11-20-9-5-14-23-17-20)21-10-6-15-25(18-21)16-13-19-7-3-2-4-8-19/h2-5,7-9,14,17,21H,6,10-13,15-16,18H2,1H3. The van der Waals surface area contributed by atoms with Crippen LogP contribution in [0.2, 0.25) is 0 Å². The monoisotopic (exact) mass is 351 g/mol. The molecule has 0 N–H and O–H groups in total. The van der Waals surface area contributed by atoms with Crippen LogP contribution in [0.4, 0.5) is 0 Å². The second-order valence-corrected chi connectivity index (χ2v) is 7.20. The number of piperidine rings is 1. The third kappa shape index (κ3) is 5.40. The zero-order chi connectivity index (χ0) is 18.2. The summed E-state index contributed by atoms with van der Waals surface area (Å²) in [6, 6.07) is 14.9. The van der Waals surface area contributed by atoms with Crippen molar-refractivity contribution < 1.29 is 4.79 Å². The zero-order valence-corrected chi connectivity index (χ0v) is 15.7.